The maximum absolute atomic E-state index is 11.3. The molecule has 4 heteroatoms. The molecule has 0 N–H and O–H groups in total. The van der Waals surface area contributed by atoms with Crippen LogP contribution in [-0.4, -0.2) is 20.0 Å². The van der Waals surface area contributed by atoms with E-state index in [0.717, 1.165) is 17.3 Å². The first-order chi connectivity index (χ1) is 7.04. The van der Waals surface area contributed by atoms with E-state index in [9.17, 15) is 8.42 Å². The summed E-state index contributed by atoms with van der Waals surface area (Å²) in [5.74, 6) is 5.85. The molecule has 1 rings (SSSR count). The zero-order valence-electron chi connectivity index (χ0n) is 8.33. The molecular weight excluding hydrogens is 276 g/mol. The maximum Gasteiger partial charge on any atom is 0.175 e. The van der Waals surface area contributed by atoms with Gasteiger partial charge in [0, 0.05) is 23.6 Å². The quantitative estimate of drug-likeness (QED) is 0.617. The summed E-state index contributed by atoms with van der Waals surface area (Å²) in [6.07, 6.45) is 1.95. The number of hydrogen-bond donors (Lipinski definition) is 0. The average molecular weight is 287 g/mol. The van der Waals surface area contributed by atoms with Crippen molar-refractivity contribution in [3.05, 3.63) is 29.8 Å². The second-order valence-corrected chi connectivity index (χ2v) is 5.85. The predicted molar refractivity (Wildman–Crippen MR) is 64.8 cm³/mol. The van der Waals surface area contributed by atoms with Gasteiger partial charge in [0.1, 0.15) is 0 Å². The smallest absolute Gasteiger partial charge is 0.175 e. The first-order valence-corrected chi connectivity index (χ1v) is 7.40. The third-order valence-corrected chi connectivity index (χ3v) is 3.22. The molecule has 0 unspecified atom stereocenters. The van der Waals surface area contributed by atoms with E-state index in [1.807, 2.05) is 0 Å². The number of sulfone groups is 1. The Labute approximate surface area is 98.7 Å². The van der Waals surface area contributed by atoms with Crippen molar-refractivity contribution in [2.24, 2.45) is 0 Å². The van der Waals surface area contributed by atoms with Gasteiger partial charge in [-0.25, -0.2) is 8.42 Å². The number of benzene rings is 1. The van der Waals surface area contributed by atoms with Gasteiger partial charge in [-0.3, -0.25) is 0 Å². The van der Waals surface area contributed by atoms with Crippen LogP contribution in [0.5, 0.6) is 0 Å². The Morgan fingerprint density at radius 1 is 1.40 bits per heavy atom. The van der Waals surface area contributed by atoms with Gasteiger partial charge in [-0.2, -0.15) is 0 Å². The van der Waals surface area contributed by atoms with Crippen LogP contribution in [0.15, 0.2) is 29.2 Å². The molecule has 0 aliphatic carbocycles. The topological polar surface area (TPSA) is 34.1 Å². The normalized spacial score (nSPS) is 10.5. The monoisotopic (exact) mass is 286 g/mol. The van der Waals surface area contributed by atoms with Crippen LogP contribution in [0.2, 0.25) is 0 Å². The number of rotatable bonds is 2. The molecule has 0 spiro atoms. The van der Waals surface area contributed by atoms with Gasteiger partial charge in [-0.05, 0) is 18.2 Å². The standard InChI is InChI=1S/C11H11BrO2S/c1-15(13,14)11-7-4-6-10(9-11)5-2-3-8-12/h4,6-7,9H,3,8H2,1H3. The van der Waals surface area contributed by atoms with Crippen LogP contribution >= 0.6 is 15.9 Å². The minimum Gasteiger partial charge on any atom is -0.224 e. The van der Waals surface area contributed by atoms with Crippen molar-refractivity contribution in [2.45, 2.75) is 11.3 Å². The third kappa shape index (κ3) is 4.06. The fourth-order valence-corrected chi connectivity index (χ4v) is 1.88. The average Bonchev–Trinajstić information content (AvgIpc) is 2.17. The highest BCUT2D eigenvalue weighted by molar-refractivity contribution is 9.09. The van der Waals surface area contributed by atoms with Crippen LogP contribution in [0.1, 0.15) is 12.0 Å². The van der Waals surface area contributed by atoms with Gasteiger partial charge in [0.15, 0.2) is 9.84 Å². The third-order valence-electron chi connectivity index (χ3n) is 1.71. The second-order valence-electron chi connectivity index (χ2n) is 3.04. The lowest BCUT2D eigenvalue weighted by Crippen LogP contribution is -1.96. The fraction of sp³-hybridized carbons (Fsp3) is 0.273. The molecule has 2 nitrogen and oxygen atoms in total. The van der Waals surface area contributed by atoms with E-state index >= 15 is 0 Å². The summed E-state index contributed by atoms with van der Waals surface area (Å²) in [4.78, 5) is 0.313. The van der Waals surface area contributed by atoms with Crippen LogP contribution in [0.4, 0.5) is 0 Å². The molecule has 0 amide bonds. The molecule has 0 aliphatic rings. The highest BCUT2D eigenvalue weighted by Crippen LogP contribution is 2.10. The minimum absolute atomic E-state index is 0.313. The van der Waals surface area contributed by atoms with Crippen LogP contribution < -0.4 is 0 Å². The molecule has 0 atom stereocenters. The molecule has 0 bridgehead atoms. The Hall–Kier alpha value is -0.790. The molecule has 80 valence electrons. The summed E-state index contributed by atoms with van der Waals surface area (Å²) in [5.41, 5.74) is 0.735. The van der Waals surface area contributed by atoms with Crippen molar-refractivity contribution in [3.63, 3.8) is 0 Å². The predicted octanol–water partition coefficient (Wildman–Crippen LogP) is 2.23. The van der Waals surface area contributed by atoms with Gasteiger partial charge < -0.3 is 0 Å². The van der Waals surface area contributed by atoms with Crippen molar-refractivity contribution < 1.29 is 8.42 Å². The van der Waals surface area contributed by atoms with Crippen LogP contribution in [0.3, 0.4) is 0 Å². The molecule has 0 saturated heterocycles. The summed E-state index contributed by atoms with van der Waals surface area (Å²) < 4.78 is 22.5. The number of halogens is 1. The zero-order chi connectivity index (χ0) is 11.3. The Morgan fingerprint density at radius 3 is 2.73 bits per heavy atom. The highest BCUT2D eigenvalue weighted by atomic mass is 79.9. The molecule has 0 aromatic heterocycles. The Balaban J connectivity index is 3.00. The van der Waals surface area contributed by atoms with Gasteiger partial charge in [-0.1, -0.05) is 33.8 Å². The molecule has 1 aromatic rings. The SMILES string of the molecule is CS(=O)(=O)c1cccc(C#CCCBr)c1. The summed E-state index contributed by atoms with van der Waals surface area (Å²) in [6.45, 7) is 0. The lowest BCUT2D eigenvalue weighted by atomic mass is 10.2. The van der Waals surface area contributed by atoms with E-state index in [2.05, 4.69) is 27.8 Å². The minimum atomic E-state index is -3.13. The van der Waals surface area contributed by atoms with Gasteiger partial charge in [0.2, 0.25) is 0 Å². The first kappa shape index (κ1) is 12.3. The molecule has 0 fully saturated rings. The second kappa shape index (κ2) is 5.34. The Kier molecular flexibility index (Phi) is 4.37. The van der Waals surface area contributed by atoms with Crippen molar-refractivity contribution in [1.29, 1.82) is 0 Å². The van der Waals surface area contributed by atoms with Crippen molar-refractivity contribution in [3.8, 4) is 11.8 Å². The van der Waals surface area contributed by atoms with E-state index in [0.29, 0.717) is 4.90 Å². The lowest BCUT2D eigenvalue weighted by molar-refractivity contribution is 0.602. The zero-order valence-corrected chi connectivity index (χ0v) is 10.7. The first-order valence-electron chi connectivity index (χ1n) is 4.39. The highest BCUT2D eigenvalue weighted by Gasteiger charge is 2.05. The van der Waals surface area contributed by atoms with Crippen molar-refractivity contribution >= 4 is 25.8 Å². The van der Waals surface area contributed by atoms with E-state index in [1.165, 1.54) is 6.26 Å². The van der Waals surface area contributed by atoms with Crippen LogP contribution in [0.25, 0.3) is 0 Å². The van der Waals surface area contributed by atoms with Gasteiger partial charge in [0.05, 0.1) is 4.90 Å². The molecule has 0 saturated carbocycles. The summed E-state index contributed by atoms with van der Waals surface area (Å²) in [6, 6.07) is 6.67. The molecule has 0 aliphatic heterocycles. The molecule has 0 radical (unpaired) electrons. The molecule has 1 aromatic carbocycles. The van der Waals surface area contributed by atoms with Gasteiger partial charge in [-0.15, -0.1) is 0 Å². The molecule has 15 heavy (non-hydrogen) atoms. The van der Waals surface area contributed by atoms with Gasteiger partial charge >= 0.3 is 0 Å². The summed E-state index contributed by atoms with van der Waals surface area (Å²) in [5, 5.41) is 0.825. The summed E-state index contributed by atoms with van der Waals surface area (Å²) in [7, 11) is -3.13. The fourth-order valence-electron chi connectivity index (χ4n) is 1.02. The van der Waals surface area contributed by atoms with E-state index in [4.69, 9.17) is 0 Å². The largest absolute Gasteiger partial charge is 0.224 e. The maximum atomic E-state index is 11.3. The van der Waals surface area contributed by atoms with Crippen LogP contribution in [-0.2, 0) is 9.84 Å². The van der Waals surface area contributed by atoms with E-state index in [1.54, 1.807) is 24.3 Å². The summed E-state index contributed by atoms with van der Waals surface area (Å²) >= 11 is 3.27. The Morgan fingerprint density at radius 2 is 2.13 bits per heavy atom. The molecule has 0 heterocycles. The van der Waals surface area contributed by atoms with E-state index in [-0.39, 0.29) is 0 Å². The van der Waals surface area contributed by atoms with E-state index < -0.39 is 9.84 Å². The lowest BCUT2D eigenvalue weighted by Gasteiger charge is -1.97. The van der Waals surface area contributed by atoms with Crippen LogP contribution in [0, 0.1) is 11.8 Å². The number of hydrogen-bond acceptors (Lipinski definition) is 2. The van der Waals surface area contributed by atoms with Crippen molar-refractivity contribution in [1.82, 2.24) is 0 Å². The molecular formula is C11H11BrO2S. The van der Waals surface area contributed by atoms with Gasteiger partial charge in [0.25, 0.3) is 0 Å². The van der Waals surface area contributed by atoms with Crippen molar-refractivity contribution in [2.75, 3.05) is 11.6 Å². The number of alkyl halides is 1. The Bertz CT molecular complexity index is 495.